The Hall–Kier alpha value is -1.10. The normalized spacial score (nSPS) is 39.8. The quantitative estimate of drug-likeness (QED) is 0.793. The molecule has 0 bridgehead atoms. The second kappa shape index (κ2) is 4.88. The maximum absolute atomic E-state index is 12.1. The lowest BCUT2D eigenvalue weighted by molar-refractivity contribution is -0.149. The highest BCUT2D eigenvalue weighted by atomic mass is 16.5. The first-order valence-corrected chi connectivity index (χ1v) is 6.59. The van der Waals surface area contributed by atoms with Crippen LogP contribution >= 0.6 is 0 Å². The van der Waals surface area contributed by atoms with Crippen LogP contribution in [0.15, 0.2) is 0 Å². The van der Waals surface area contributed by atoms with E-state index in [2.05, 4.69) is 5.32 Å². The zero-order valence-electron chi connectivity index (χ0n) is 10.9. The summed E-state index contributed by atoms with van der Waals surface area (Å²) in [6.07, 6.45) is 3.08. The number of amides is 1. The third-order valence-electron chi connectivity index (χ3n) is 4.33. The maximum atomic E-state index is 12.1. The number of ether oxygens (including phenoxy) is 1. The molecule has 1 aliphatic heterocycles. The molecule has 1 saturated carbocycles. The van der Waals surface area contributed by atoms with Gasteiger partial charge in [0.2, 0.25) is 5.91 Å². The molecule has 5 heteroatoms. The van der Waals surface area contributed by atoms with E-state index >= 15 is 0 Å². The van der Waals surface area contributed by atoms with Gasteiger partial charge in [0, 0.05) is 6.04 Å². The summed E-state index contributed by atoms with van der Waals surface area (Å²) in [7, 11) is 0. The van der Waals surface area contributed by atoms with Crippen molar-refractivity contribution in [3.8, 4) is 0 Å². The molecule has 1 amide bonds. The molecule has 2 fully saturated rings. The smallest absolute Gasteiger partial charge is 0.311 e. The highest BCUT2D eigenvalue weighted by molar-refractivity contribution is 5.82. The monoisotopic (exact) mass is 255 g/mol. The van der Waals surface area contributed by atoms with E-state index in [1.54, 1.807) is 6.92 Å². The fourth-order valence-electron chi connectivity index (χ4n) is 2.94. The van der Waals surface area contributed by atoms with Crippen molar-refractivity contribution < 1.29 is 19.4 Å². The predicted octanol–water partition coefficient (Wildman–Crippen LogP) is 1.17. The van der Waals surface area contributed by atoms with Gasteiger partial charge in [-0.3, -0.25) is 9.59 Å². The lowest BCUT2D eigenvalue weighted by Crippen LogP contribution is -2.48. The number of hydrogen-bond acceptors (Lipinski definition) is 3. The summed E-state index contributed by atoms with van der Waals surface area (Å²) in [5.41, 5.74) is -0.819. The maximum Gasteiger partial charge on any atom is 0.311 e. The summed E-state index contributed by atoms with van der Waals surface area (Å²) in [6, 6.07) is -0.251. The van der Waals surface area contributed by atoms with Gasteiger partial charge in [-0.05, 0) is 33.1 Å². The summed E-state index contributed by atoms with van der Waals surface area (Å²) in [5.74, 6) is -1.00. The number of carboxylic acid groups (broad SMARTS) is 1. The first-order valence-electron chi connectivity index (χ1n) is 6.59. The fourth-order valence-corrected chi connectivity index (χ4v) is 2.94. The molecule has 2 N–H and O–H groups in total. The van der Waals surface area contributed by atoms with E-state index < -0.39 is 11.4 Å². The van der Waals surface area contributed by atoms with Crippen LogP contribution in [-0.4, -0.2) is 35.7 Å². The minimum absolute atomic E-state index is 0.0567. The topological polar surface area (TPSA) is 75.6 Å². The van der Waals surface area contributed by atoms with Crippen LogP contribution in [0.1, 0.15) is 39.5 Å². The van der Waals surface area contributed by atoms with Crippen molar-refractivity contribution >= 4 is 11.9 Å². The van der Waals surface area contributed by atoms with E-state index in [1.807, 2.05) is 6.92 Å². The van der Waals surface area contributed by atoms with Crippen LogP contribution in [0.5, 0.6) is 0 Å². The average molecular weight is 255 g/mol. The van der Waals surface area contributed by atoms with Crippen LogP contribution in [0.25, 0.3) is 0 Å². The van der Waals surface area contributed by atoms with Gasteiger partial charge < -0.3 is 15.2 Å². The fraction of sp³-hybridized carbons (Fsp3) is 0.846. The van der Waals surface area contributed by atoms with Crippen molar-refractivity contribution in [2.45, 2.75) is 51.7 Å². The second-order valence-corrected chi connectivity index (χ2v) is 5.75. The summed E-state index contributed by atoms with van der Waals surface area (Å²) in [4.78, 5) is 23.4. The molecule has 18 heavy (non-hydrogen) atoms. The third kappa shape index (κ3) is 2.36. The molecule has 0 aromatic rings. The van der Waals surface area contributed by atoms with E-state index in [-0.39, 0.29) is 24.0 Å². The Kier molecular flexibility index (Phi) is 3.61. The molecule has 0 aromatic carbocycles. The molecule has 0 aromatic heterocycles. The number of aliphatic carboxylic acids is 1. The largest absolute Gasteiger partial charge is 0.481 e. The van der Waals surface area contributed by atoms with Crippen molar-refractivity contribution in [3.63, 3.8) is 0 Å². The van der Waals surface area contributed by atoms with Crippen molar-refractivity contribution in [1.82, 2.24) is 5.32 Å². The van der Waals surface area contributed by atoms with Gasteiger partial charge in [-0.2, -0.15) is 0 Å². The van der Waals surface area contributed by atoms with Crippen molar-refractivity contribution in [2.24, 2.45) is 11.3 Å². The number of nitrogens with one attached hydrogen (secondary N) is 1. The van der Waals surface area contributed by atoms with Crippen LogP contribution in [-0.2, 0) is 14.3 Å². The van der Waals surface area contributed by atoms with Gasteiger partial charge in [-0.1, -0.05) is 6.42 Å². The van der Waals surface area contributed by atoms with Gasteiger partial charge in [0.05, 0.1) is 24.0 Å². The Morgan fingerprint density at radius 1 is 1.44 bits per heavy atom. The number of rotatable bonds is 3. The van der Waals surface area contributed by atoms with E-state index in [1.165, 1.54) is 0 Å². The first-order chi connectivity index (χ1) is 8.43. The number of carbonyl (C=O) groups is 2. The SMILES string of the molecule is CC1CC(C(=O)NC2CCCC2(C)C(=O)O)CO1. The molecule has 1 saturated heterocycles. The van der Waals surface area contributed by atoms with E-state index in [0.29, 0.717) is 13.0 Å². The molecule has 1 heterocycles. The molecular formula is C13H21NO4. The predicted molar refractivity (Wildman–Crippen MR) is 65.0 cm³/mol. The molecule has 0 radical (unpaired) electrons. The zero-order valence-corrected chi connectivity index (χ0v) is 10.9. The molecule has 102 valence electrons. The Bertz CT molecular complexity index is 357. The van der Waals surface area contributed by atoms with Crippen molar-refractivity contribution in [2.75, 3.05) is 6.61 Å². The van der Waals surface area contributed by atoms with Crippen LogP contribution < -0.4 is 5.32 Å². The van der Waals surface area contributed by atoms with E-state index in [0.717, 1.165) is 19.3 Å². The zero-order chi connectivity index (χ0) is 13.3. The molecular weight excluding hydrogens is 234 g/mol. The van der Waals surface area contributed by atoms with Gasteiger partial charge in [0.15, 0.2) is 0 Å². The van der Waals surface area contributed by atoms with Crippen molar-refractivity contribution in [1.29, 1.82) is 0 Å². The summed E-state index contributed by atoms with van der Waals surface area (Å²) >= 11 is 0. The van der Waals surface area contributed by atoms with Crippen LogP contribution in [0.4, 0.5) is 0 Å². The number of carboxylic acids is 1. The minimum atomic E-state index is -0.819. The first kappa shape index (κ1) is 13.3. The Morgan fingerprint density at radius 2 is 2.17 bits per heavy atom. The van der Waals surface area contributed by atoms with E-state index in [4.69, 9.17) is 4.74 Å². The Morgan fingerprint density at radius 3 is 2.72 bits per heavy atom. The van der Waals surface area contributed by atoms with Crippen molar-refractivity contribution in [3.05, 3.63) is 0 Å². The standard InChI is InChI=1S/C13H21NO4/c1-8-6-9(7-18-8)11(15)14-10-4-3-5-13(10,2)12(16)17/h8-10H,3-7H2,1-2H3,(H,14,15)(H,16,17). The molecule has 1 aliphatic carbocycles. The highest BCUT2D eigenvalue weighted by Gasteiger charge is 2.46. The Labute approximate surface area is 107 Å². The van der Waals surface area contributed by atoms with Gasteiger partial charge in [0.25, 0.3) is 0 Å². The van der Waals surface area contributed by atoms with E-state index in [9.17, 15) is 14.7 Å². The van der Waals surface area contributed by atoms with Gasteiger partial charge in [-0.15, -0.1) is 0 Å². The molecule has 0 spiro atoms. The summed E-state index contributed by atoms with van der Waals surface area (Å²) < 4.78 is 5.37. The minimum Gasteiger partial charge on any atom is -0.481 e. The number of carbonyl (C=O) groups excluding carboxylic acids is 1. The van der Waals surface area contributed by atoms with Gasteiger partial charge >= 0.3 is 5.97 Å². The summed E-state index contributed by atoms with van der Waals surface area (Å²) in [6.45, 7) is 4.12. The van der Waals surface area contributed by atoms with Crippen LogP contribution in [0.3, 0.4) is 0 Å². The lowest BCUT2D eigenvalue weighted by atomic mass is 9.84. The van der Waals surface area contributed by atoms with Crippen LogP contribution in [0.2, 0.25) is 0 Å². The molecule has 2 rings (SSSR count). The molecule has 2 aliphatic rings. The van der Waals surface area contributed by atoms with Gasteiger partial charge in [-0.25, -0.2) is 0 Å². The summed E-state index contributed by atoms with van der Waals surface area (Å²) in [5, 5.41) is 12.2. The third-order valence-corrected chi connectivity index (χ3v) is 4.33. The lowest BCUT2D eigenvalue weighted by Gasteiger charge is -2.28. The molecule has 4 unspecified atom stereocenters. The average Bonchev–Trinajstić information content (AvgIpc) is 2.87. The second-order valence-electron chi connectivity index (χ2n) is 5.75. The molecule has 4 atom stereocenters. The molecule has 5 nitrogen and oxygen atoms in total. The highest BCUT2D eigenvalue weighted by Crippen LogP contribution is 2.38. The van der Waals surface area contributed by atoms with Crippen LogP contribution in [0, 0.1) is 11.3 Å². The Balaban J connectivity index is 1.96. The van der Waals surface area contributed by atoms with Gasteiger partial charge in [0.1, 0.15) is 0 Å². The number of hydrogen-bond donors (Lipinski definition) is 2.